The molecule has 0 aliphatic heterocycles. The summed E-state index contributed by atoms with van der Waals surface area (Å²) in [5, 5.41) is 0. The smallest absolute Gasteiger partial charge is 0.302 e. The fourth-order valence-electron chi connectivity index (χ4n) is 1.84. The van der Waals surface area contributed by atoms with E-state index in [1.807, 2.05) is 0 Å². The zero-order valence-electron chi connectivity index (χ0n) is 8.29. The molecule has 0 bridgehead atoms. The number of rotatable bonds is 2. The molecule has 1 fully saturated rings. The minimum absolute atomic E-state index is 0.0591. The van der Waals surface area contributed by atoms with Crippen molar-refractivity contribution in [3.8, 4) is 0 Å². The van der Waals surface area contributed by atoms with E-state index in [1.54, 1.807) is 7.11 Å². The molecule has 1 saturated carbocycles. The summed E-state index contributed by atoms with van der Waals surface area (Å²) >= 11 is 0. The quantitative estimate of drug-likeness (QED) is 0.612. The highest BCUT2D eigenvalue weighted by atomic mass is 16.5. The Morgan fingerprint density at radius 1 is 1.38 bits per heavy atom. The predicted molar refractivity (Wildman–Crippen MR) is 49.0 cm³/mol. The molecular formula is C10H17O3. The summed E-state index contributed by atoms with van der Waals surface area (Å²) in [4.78, 5) is 10.8. The van der Waals surface area contributed by atoms with E-state index >= 15 is 0 Å². The van der Waals surface area contributed by atoms with Crippen molar-refractivity contribution in [2.75, 3.05) is 7.11 Å². The molecule has 3 atom stereocenters. The Morgan fingerprint density at radius 3 is 2.54 bits per heavy atom. The van der Waals surface area contributed by atoms with Crippen LogP contribution in [0.1, 0.15) is 26.2 Å². The van der Waals surface area contributed by atoms with Crippen molar-refractivity contribution in [2.45, 2.75) is 38.4 Å². The van der Waals surface area contributed by atoms with E-state index in [9.17, 15) is 4.79 Å². The predicted octanol–water partition coefficient (Wildman–Crippen LogP) is 1.57. The highest BCUT2D eigenvalue weighted by Gasteiger charge is 2.31. The molecule has 0 heterocycles. The summed E-state index contributed by atoms with van der Waals surface area (Å²) in [7, 11) is 1.68. The molecule has 1 aliphatic rings. The molecule has 0 saturated heterocycles. The van der Waals surface area contributed by atoms with Crippen molar-refractivity contribution in [3.63, 3.8) is 0 Å². The molecule has 0 aromatic carbocycles. The highest BCUT2D eigenvalue weighted by molar-refractivity contribution is 5.66. The standard InChI is InChI=1S/C10H17O3/c1-7-9(12-3)5-4-6-10(7)13-8(2)11/h7,9-10H,1,4-6H2,2-3H3/t7-,9-,10-/m1/s1. The molecule has 13 heavy (non-hydrogen) atoms. The van der Waals surface area contributed by atoms with Gasteiger partial charge in [0, 0.05) is 20.0 Å². The average Bonchev–Trinajstić information content (AvgIpc) is 2.08. The zero-order valence-corrected chi connectivity index (χ0v) is 8.29. The van der Waals surface area contributed by atoms with Crippen molar-refractivity contribution < 1.29 is 14.3 Å². The van der Waals surface area contributed by atoms with Gasteiger partial charge in [0.05, 0.1) is 6.10 Å². The van der Waals surface area contributed by atoms with E-state index in [4.69, 9.17) is 9.47 Å². The molecule has 1 rings (SSSR count). The molecule has 75 valence electrons. The second-order valence-corrected chi connectivity index (χ2v) is 3.52. The van der Waals surface area contributed by atoms with Crippen molar-refractivity contribution in [2.24, 2.45) is 5.92 Å². The number of hydrogen-bond acceptors (Lipinski definition) is 3. The van der Waals surface area contributed by atoms with Crippen molar-refractivity contribution in [1.82, 2.24) is 0 Å². The molecule has 0 aromatic rings. The molecule has 1 radical (unpaired) electrons. The first kappa shape index (κ1) is 10.5. The molecule has 3 heteroatoms. The van der Waals surface area contributed by atoms with Crippen LogP contribution in [-0.2, 0) is 14.3 Å². The maximum atomic E-state index is 10.8. The third-order valence-corrected chi connectivity index (χ3v) is 2.55. The van der Waals surface area contributed by atoms with Crippen LogP contribution >= 0.6 is 0 Å². The van der Waals surface area contributed by atoms with Crippen LogP contribution in [0.5, 0.6) is 0 Å². The van der Waals surface area contributed by atoms with Gasteiger partial charge in [-0.15, -0.1) is 0 Å². The Hall–Kier alpha value is -0.570. The topological polar surface area (TPSA) is 35.5 Å². The molecule has 0 spiro atoms. The molecule has 0 aromatic heterocycles. The lowest BCUT2D eigenvalue weighted by atomic mass is 9.85. The Bertz CT molecular complexity index is 179. The van der Waals surface area contributed by atoms with E-state index in [2.05, 4.69) is 6.92 Å². The second kappa shape index (κ2) is 4.61. The van der Waals surface area contributed by atoms with Crippen LogP contribution in [0.25, 0.3) is 0 Å². The lowest BCUT2D eigenvalue weighted by molar-refractivity contribution is -0.153. The summed E-state index contributed by atoms with van der Waals surface area (Å²) < 4.78 is 10.4. The van der Waals surface area contributed by atoms with Crippen LogP contribution in [0.3, 0.4) is 0 Å². The minimum Gasteiger partial charge on any atom is -0.462 e. The second-order valence-electron chi connectivity index (χ2n) is 3.52. The van der Waals surface area contributed by atoms with E-state index in [1.165, 1.54) is 6.92 Å². The van der Waals surface area contributed by atoms with Gasteiger partial charge in [-0.25, -0.2) is 0 Å². The summed E-state index contributed by atoms with van der Waals surface area (Å²) in [6, 6.07) is 0. The minimum atomic E-state index is -0.226. The van der Waals surface area contributed by atoms with Gasteiger partial charge < -0.3 is 9.47 Å². The van der Waals surface area contributed by atoms with Crippen LogP contribution in [0.2, 0.25) is 0 Å². The monoisotopic (exact) mass is 185 g/mol. The lowest BCUT2D eigenvalue weighted by Gasteiger charge is -2.34. The largest absolute Gasteiger partial charge is 0.462 e. The maximum Gasteiger partial charge on any atom is 0.302 e. The number of esters is 1. The summed E-state index contributed by atoms with van der Waals surface area (Å²) in [5.41, 5.74) is 0. The Labute approximate surface area is 79.4 Å². The van der Waals surface area contributed by atoms with Crippen LogP contribution in [-0.4, -0.2) is 25.3 Å². The molecule has 0 amide bonds. The van der Waals surface area contributed by atoms with Gasteiger partial charge in [-0.2, -0.15) is 0 Å². The van der Waals surface area contributed by atoms with Crippen LogP contribution in [0.15, 0.2) is 0 Å². The van der Waals surface area contributed by atoms with Crippen molar-refractivity contribution in [3.05, 3.63) is 6.92 Å². The molecule has 0 N–H and O–H groups in total. The lowest BCUT2D eigenvalue weighted by Crippen LogP contribution is -2.38. The van der Waals surface area contributed by atoms with Gasteiger partial charge in [0.2, 0.25) is 0 Å². The van der Waals surface area contributed by atoms with E-state index in [0.717, 1.165) is 19.3 Å². The summed E-state index contributed by atoms with van der Waals surface area (Å²) in [6.07, 6.45) is 3.05. The van der Waals surface area contributed by atoms with Gasteiger partial charge in [-0.3, -0.25) is 4.79 Å². The third kappa shape index (κ3) is 2.69. The Balaban J connectivity index is 2.49. The van der Waals surface area contributed by atoms with Crippen LogP contribution in [0.4, 0.5) is 0 Å². The molecule has 0 unspecified atom stereocenters. The number of carbonyl (C=O) groups is 1. The normalized spacial score (nSPS) is 34.2. The van der Waals surface area contributed by atoms with E-state index in [0.29, 0.717) is 0 Å². The van der Waals surface area contributed by atoms with Gasteiger partial charge in [-0.1, -0.05) is 0 Å². The number of methoxy groups -OCH3 is 1. The number of ether oxygens (including phenoxy) is 2. The highest BCUT2D eigenvalue weighted by Crippen LogP contribution is 2.28. The molecule has 1 aliphatic carbocycles. The molecule has 3 nitrogen and oxygen atoms in total. The van der Waals surface area contributed by atoms with Gasteiger partial charge in [0.25, 0.3) is 0 Å². The van der Waals surface area contributed by atoms with Gasteiger partial charge >= 0.3 is 5.97 Å². The first-order valence-corrected chi connectivity index (χ1v) is 4.68. The van der Waals surface area contributed by atoms with Crippen LogP contribution < -0.4 is 0 Å². The fourth-order valence-corrected chi connectivity index (χ4v) is 1.84. The number of carbonyl (C=O) groups excluding carboxylic acids is 1. The summed E-state index contributed by atoms with van der Waals surface area (Å²) in [6.45, 7) is 5.42. The first-order valence-electron chi connectivity index (χ1n) is 4.68. The SMILES string of the molecule is [CH2][C@@H]1[C@H](OC)CCC[C@H]1OC(C)=O. The Kier molecular flexibility index (Phi) is 3.72. The van der Waals surface area contributed by atoms with Crippen LogP contribution in [0, 0.1) is 12.8 Å². The van der Waals surface area contributed by atoms with Crippen molar-refractivity contribution in [1.29, 1.82) is 0 Å². The third-order valence-electron chi connectivity index (χ3n) is 2.55. The van der Waals surface area contributed by atoms with E-state index in [-0.39, 0.29) is 24.1 Å². The average molecular weight is 185 g/mol. The maximum absolute atomic E-state index is 10.8. The summed E-state index contributed by atoms with van der Waals surface area (Å²) in [5.74, 6) is -0.155. The van der Waals surface area contributed by atoms with Gasteiger partial charge in [0.15, 0.2) is 0 Å². The van der Waals surface area contributed by atoms with E-state index < -0.39 is 0 Å². The van der Waals surface area contributed by atoms with Gasteiger partial charge in [0.1, 0.15) is 6.10 Å². The van der Waals surface area contributed by atoms with Crippen molar-refractivity contribution >= 4 is 5.97 Å². The first-order chi connectivity index (χ1) is 6.15. The van der Waals surface area contributed by atoms with Gasteiger partial charge in [-0.05, 0) is 26.2 Å². The fraction of sp³-hybridized carbons (Fsp3) is 0.800. The Morgan fingerprint density at radius 2 is 2.00 bits per heavy atom. The molecular weight excluding hydrogens is 168 g/mol. The number of hydrogen-bond donors (Lipinski definition) is 0. The zero-order chi connectivity index (χ0) is 9.84.